The first kappa shape index (κ1) is 22.7. The van der Waals surface area contributed by atoms with Crippen LogP contribution in [0.5, 0.6) is 11.5 Å². The van der Waals surface area contributed by atoms with Crippen LogP contribution in [0.15, 0.2) is 34.4 Å². The van der Waals surface area contributed by atoms with E-state index in [0.29, 0.717) is 5.82 Å². The second-order valence-corrected chi connectivity index (χ2v) is 10.1. The molecule has 0 bridgehead atoms. The van der Waals surface area contributed by atoms with Gasteiger partial charge >= 0.3 is 0 Å². The summed E-state index contributed by atoms with van der Waals surface area (Å²) in [6.45, 7) is 13.2. The molecule has 0 fully saturated rings. The van der Waals surface area contributed by atoms with E-state index in [2.05, 4.69) is 53.9 Å². The third-order valence-electron chi connectivity index (χ3n) is 5.15. The maximum absolute atomic E-state index is 6.15. The van der Waals surface area contributed by atoms with Crippen LogP contribution in [0.3, 0.4) is 0 Å². The number of rotatable bonds is 9. The van der Waals surface area contributed by atoms with Gasteiger partial charge in [0.2, 0.25) is 6.79 Å². The predicted octanol–water partition coefficient (Wildman–Crippen LogP) is 3.64. The normalized spacial score (nSPS) is 13.2. The molecule has 1 aliphatic heterocycles. The predicted molar refractivity (Wildman–Crippen MR) is 128 cm³/mol. The Morgan fingerprint density at radius 2 is 1.97 bits per heavy atom. The molecule has 1 aliphatic rings. The van der Waals surface area contributed by atoms with Crippen LogP contribution in [-0.2, 0) is 13.1 Å². The van der Waals surface area contributed by atoms with E-state index in [4.69, 9.17) is 20.2 Å². The Bertz CT molecular complexity index is 1090. The van der Waals surface area contributed by atoms with Crippen LogP contribution in [0.4, 0.5) is 5.82 Å². The van der Waals surface area contributed by atoms with Crippen molar-refractivity contribution in [3.05, 3.63) is 30.0 Å². The van der Waals surface area contributed by atoms with E-state index in [9.17, 15) is 0 Å². The van der Waals surface area contributed by atoms with Gasteiger partial charge < -0.3 is 30.4 Å². The van der Waals surface area contributed by atoms with Crippen LogP contribution < -0.4 is 25.8 Å². The van der Waals surface area contributed by atoms with Crippen LogP contribution in [0.1, 0.15) is 33.3 Å². The summed E-state index contributed by atoms with van der Waals surface area (Å²) in [7, 11) is 0. The fourth-order valence-electron chi connectivity index (χ4n) is 3.56. The minimum atomic E-state index is 0.233. The number of nitrogens with one attached hydrogen (secondary N) is 2. The number of nitrogens with zero attached hydrogens (tertiary/aromatic N) is 3. The first-order valence-electron chi connectivity index (χ1n) is 11.0. The molecule has 0 saturated carbocycles. The summed E-state index contributed by atoms with van der Waals surface area (Å²) in [5.41, 5.74) is 9.27. The van der Waals surface area contributed by atoms with E-state index in [1.807, 2.05) is 12.1 Å². The maximum Gasteiger partial charge on any atom is 0.231 e. The lowest BCUT2D eigenvalue weighted by molar-refractivity contribution is 0.174. The zero-order valence-corrected chi connectivity index (χ0v) is 20.0. The quantitative estimate of drug-likeness (QED) is 0.420. The average Bonchev–Trinajstić information content (AvgIpc) is 3.33. The van der Waals surface area contributed by atoms with E-state index >= 15 is 0 Å². The molecule has 0 unspecified atom stereocenters. The van der Waals surface area contributed by atoms with Gasteiger partial charge in [-0.3, -0.25) is 0 Å². The van der Waals surface area contributed by atoms with E-state index in [1.165, 1.54) is 0 Å². The van der Waals surface area contributed by atoms with Gasteiger partial charge in [-0.15, -0.1) is 0 Å². The highest BCUT2D eigenvalue weighted by atomic mass is 32.2. The van der Waals surface area contributed by atoms with E-state index in [-0.39, 0.29) is 12.2 Å². The second kappa shape index (κ2) is 9.56. The van der Waals surface area contributed by atoms with Gasteiger partial charge in [0.25, 0.3) is 0 Å². The van der Waals surface area contributed by atoms with Gasteiger partial charge in [-0.1, -0.05) is 39.5 Å². The molecule has 8 nitrogen and oxygen atoms in total. The van der Waals surface area contributed by atoms with Crippen molar-refractivity contribution in [1.82, 2.24) is 25.2 Å². The van der Waals surface area contributed by atoms with Crippen molar-refractivity contribution < 1.29 is 9.47 Å². The zero-order valence-electron chi connectivity index (χ0n) is 19.2. The molecule has 0 radical (unpaired) electrons. The standard InChI is InChI=1S/C23H32N6O2S/c1-5-25-12-15-10-17-18(31-14-30-17)11-19(15)32-22-28-20-16(6-7-27-21(20)24)29(22)9-8-26-13-23(2,3)4/h6-7,10-11,25-26H,5,8-9,12-14H2,1-4H3,(H2,24,27). The monoisotopic (exact) mass is 456 g/mol. The highest BCUT2D eigenvalue weighted by molar-refractivity contribution is 7.99. The van der Waals surface area contributed by atoms with Gasteiger partial charge in [0.1, 0.15) is 5.52 Å². The molecule has 9 heteroatoms. The van der Waals surface area contributed by atoms with Gasteiger partial charge in [-0.05, 0) is 35.7 Å². The Morgan fingerprint density at radius 3 is 2.72 bits per heavy atom. The summed E-state index contributed by atoms with van der Waals surface area (Å²) in [6.07, 6.45) is 1.74. The fourth-order valence-corrected chi connectivity index (χ4v) is 4.62. The second-order valence-electron chi connectivity index (χ2n) is 9.04. The summed E-state index contributed by atoms with van der Waals surface area (Å²) in [5, 5.41) is 7.85. The largest absolute Gasteiger partial charge is 0.454 e. The molecule has 0 spiro atoms. The van der Waals surface area contributed by atoms with Gasteiger partial charge in [0, 0.05) is 37.3 Å². The lowest BCUT2D eigenvalue weighted by Gasteiger charge is -2.19. The number of fused-ring (bicyclic) bond motifs is 2. The lowest BCUT2D eigenvalue weighted by atomic mass is 9.97. The van der Waals surface area contributed by atoms with E-state index < -0.39 is 0 Å². The minimum Gasteiger partial charge on any atom is -0.454 e. The lowest BCUT2D eigenvalue weighted by Crippen LogP contribution is -2.29. The Kier molecular flexibility index (Phi) is 6.78. The summed E-state index contributed by atoms with van der Waals surface area (Å²) in [5.74, 6) is 2.00. The minimum absolute atomic E-state index is 0.233. The van der Waals surface area contributed by atoms with E-state index in [0.717, 1.165) is 70.9 Å². The van der Waals surface area contributed by atoms with Crippen LogP contribution in [0.25, 0.3) is 11.0 Å². The number of aromatic nitrogens is 3. The number of hydrogen-bond acceptors (Lipinski definition) is 8. The molecular formula is C23H32N6O2S. The van der Waals surface area contributed by atoms with Crippen molar-refractivity contribution in [2.45, 2.75) is 50.8 Å². The van der Waals surface area contributed by atoms with Crippen molar-refractivity contribution in [3.63, 3.8) is 0 Å². The molecule has 0 amide bonds. The number of pyridine rings is 1. The zero-order chi connectivity index (χ0) is 22.7. The number of nitrogens with two attached hydrogens (primary N) is 1. The molecule has 2 aromatic heterocycles. The highest BCUT2D eigenvalue weighted by Gasteiger charge is 2.21. The van der Waals surface area contributed by atoms with Crippen LogP contribution in [0.2, 0.25) is 0 Å². The van der Waals surface area contributed by atoms with Crippen molar-refractivity contribution in [1.29, 1.82) is 0 Å². The highest BCUT2D eigenvalue weighted by Crippen LogP contribution is 2.41. The van der Waals surface area contributed by atoms with Crippen LogP contribution >= 0.6 is 11.8 Å². The van der Waals surface area contributed by atoms with E-state index in [1.54, 1.807) is 18.0 Å². The number of nitrogen functional groups attached to an aromatic ring is 1. The molecule has 32 heavy (non-hydrogen) atoms. The first-order chi connectivity index (χ1) is 15.4. The van der Waals surface area contributed by atoms with Crippen molar-refractivity contribution in [3.8, 4) is 11.5 Å². The van der Waals surface area contributed by atoms with Crippen molar-refractivity contribution in [2.24, 2.45) is 5.41 Å². The molecule has 4 N–H and O–H groups in total. The van der Waals surface area contributed by atoms with Crippen molar-refractivity contribution >= 4 is 28.6 Å². The molecule has 0 atom stereocenters. The molecular weight excluding hydrogens is 424 g/mol. The smallest absolute Gasteiger partial charge is 0.231 e. The molecule has 0 aliphatic carbocycles. The molecule has 4 rings (SSSR count). The number of benzene rings is 1. The van der Waals surface area contributed by atoms with Crippen LogP contribution in [0, 0.1) is 5.41 Å². The molecule has 1 aromatic carbocycles. The number of ether oxygens (including phenoxy) is 2. The third-order valence-corrected chi connectivity index (χ3v) is 6.24. The molecule has 3 aromatic rings. The summed E-state index contributed by atoms with van der Waals surface area (Å²) in [6, 6.07) is 6.08. The first-order valence-corrected chi connectivity index (χ1v) is 11.8. The summed E-state index contributed by atoms with van der Waals surface area (Å²) >= 11 is 1.62. The molecule has 3 heterocycles. The third kappa shape index (κ3) is 5.11. The average molecular weight is 457 g/mol. The van der Waals surface area contributed by atoms with Gasteiger partial charge in [-0.2, -0.15) is 0 Å². The van der Waals surface area contributed by atoms with Crippen LogP contribution in [-0.4, -0.2) is 41.0 Å². The Balaban J connectivity index is 1.66. The van der Waals surface area contributed by atoms with Gasteiger partial charge in [-0.25, -0.2) is 9.97 Å². The molecule has 0 saturated heterocycles. The maximum atomic E-state index is 6.15. The molecule has 172 valence electrons. The number of anilines is 1. The van der Waals surface area contributed by atoms with Gasteiger partial charge in [0.15, 0.2) is 22.5 Å². The Morgan fingerprint density at radius 1 is 1.19 bits per heavy atom. The topological polar surface area (TPSA) is 99.2 Å². The fraction of sp³-hybridized carbons (Fsp3) is 0.478. The number of hydrogen-bond donors (Lipinski definition) is 3. The summed E-state index contributed by atoms with van der Waals surface area (Å²) < 4.78 is 13.4. The Hall–Kier alpha value is -2.49. The Labute approximate surface area is 193 Å². The number of imidazole rings is 1. The SMILES string of the molecule is CCNCc1cc2c(cc1Sc1nc3c(N)nccc3n1CCNCC(C)(C)C)OCO2. The summed E-state index contributed by atoms with van der Waals surface area (Å²) in [4.78, 5) is 10.2. The van der Waals surface area contributed by atoms with Gasteiger partial charge in [0.05, 0.1) is 5.52 Å². The van der Waals surface area contributed by atoms with Crippen molar-refractivity contribution in [2.75, 3.05) is 32.2 Å².